The van der Waals surface area contributed by atoms with E-state index in [1.165, 1.54) is 0 Å². The summed E-state index contributed by atoms with van der Waals surface area (Å²) >= 11 is 0. The van der Waals surface area contributed by atoms with Gasteiger partial charge in [-0.2, -0.15) is 0 Å². The number of benzene rings is 1. The number of aryl methyl sites for hydroxylation is 3. The summed E-state index contributed by atoms with van der Waals surface area (Å²) < 4.78 is 27.7. The van der Waals surface area contributed by atoms with Gasteiger partial charge in [-0.15, -0.1) is 0 Å². The molecule has 138 valence electrons. The number of unbranched alkanes of at least 4 members (excludes halogenated alkanes) is 3. The first kappa shape index (κ1) is 19.7. The van der Waals surface area contributed by atoms with Gasteiger partial charge in [0.1, 0.15) is 0 Å². The van der Waals surface area contributed by atoms with Crippen LogP contribution in [0.3, 0.4) is 0 Å². The van der Waals surface area contributed by atoms with Crippen LogP contribution in [-0.4, -0.2) is 24.7 Å². The molecule has 1 amide bonds. The third kappa shape index (κ3) is 3.97. The van der Waals surface area contributed by atoms with Crippen molar-refractivity contribution in [3.8, 4) is 0 Å². The number of hydrogen-bond acceptors (Lipinski definition) is 3. The van der Waals surface area contributed by atoms with Crippen LogP contribution in [0.5, 0.6) is 0 Å². The van der Waals surface area contributed by atoms with E-state index in [1.807, 2.05) is 25.1 Å². The third-order valence-corrected chi connectivity index (χ3v) is 6.87. The molecule has 1 aromatic carbocycles. The van der Waals surface area contributed by atoms with E-state index in [1.54, 1.807) is 20.8 Å². The Kier molecular flexibility index (Phi) is 6.09. The first-order chi connectivity index (χ1) is 11.7. The molecule has 0 bridgehead atoms. The minimum atomic E-state index is -3.86. The highest BCUT2D eigenvalue weighted by atomic mass is 32.2. The molecule has 0 spiro atoms. The van der Waals surface area contributed by atoms with Gasteiger partial charge in [0.05, 0.1) is 10.9 Å². The molecule has 0 fully saturated rings. The first-order valence-electron chi connectivity index (χ1n) is 9.05. The zero-order valence-corrected chi connectivity index (χ0v) is 16.7. The van der Waals surface area contributed by atoms with Gasteiger partial charge in [-0.25, -0.2) is 12.7 Å². The van der Waals surface area contributed by atoms with Crippen molar-refractivity contribution in [3.63, 3.8) is 0 Å². The highest BCUT2D eigenvalue weighted by Gasteiger charge is 2.40. The summed E-state index contributed by atoms with van der Waals surface area (Å²) in [6, 6.07) is 3.35. The molecule has 5 heteroatoms. The smallest absolute Gasteiger partial charge is 0.267 e. The Hall–Kier alpha value is -1.62. The van der Waals surface area contributed by atoms with Gasteiger partial charge in [0.25, 0.3) is 15.9 Å². The topological polar surface area (TPSA) is 54.5 Å². The van der Waals surface area contributed by atoms with Crippen molar-refractivity contribution in [2.45, 2.75) is 77.7 Å². The standard InChI is InChI=1S/C20H29NO3S/c1-6-7-8-9-10-18-13-17(5)20(22)21(18)25(23,24)19-15(3)11-14(2)12-16(19)4/h11-13,18H,6-10H2,1-5H3. The van der Waals surface area contributed by atoms with Gasteiger partial charge in [-0.05, 0) is 45.2 Å². The summed E-state index contributed by atoms with van der Waals surface area (Å²) in [4.78, 5) is 12.9. The van der Waals surface area contributed by atoms with Crippen LogP contribution in [0.15, 0.2) is 28.7 Å². The number of rotatable bonds is 7. The molecule has 1 aliphatic heterocycles. The Bertz CT molecular complexity index is 770. The van der Waals surface area contributed by atoms with E-state index in [-0.39, 0.29) is 16.8 Å². The average Bonchev–Trinajstić information content (AvgIpc) is 2.77. The summed E-state index contributed by atoms with van der Waals surface area (Å²) in [6.07, 6.45) is 6.74. The molecule has 1 aliphatic rings. The maximum atomic E-state index is 13.3. The molecule has 1 aromatic rings. The maximum Gasteiger partial charge on any atom is 0.267 e. The average molecular weight is 364 g/mol. The highest BCUT2D eigenvalue weighted by molar-refractivity contribution is 7.89. The predicted octanol–water partition coefficient (Wildman–Crippen LogP) is 4.43. The van der Waals surface area contributed by atoms with Crippen LogP contribution in [0.1, 0.15) is 62.6 Å². The molecule has 0 N–H and O–H groups in total. The molecule has 1 atom stereocenters. The highest BCUT2D eigenvalue weighted by Crippen LogP contribution is 2.32. The van der Waals surface area contributed by atoms with E-state index in [4.69, 9.17) is 0 Å². The number of hydrogen-bond donors (Lipinski definition) is 0. The number of carbonyl (C=O) groups is 1. The van der Waals surface area contributed by atoms with Crippen molar-refractivity contribution in [1.29, 1.82) is 0 Å². The molecular formula is C20H29NO3S. The lowest BCUT2D eigenvalue weighted by molar-refractivity contribution is -0.122. The van der Waals surface area contributed by atoms with Crippen LogP contribution >= 0.6 is 0 Å². The zero-order chi connectivity index (χ0) is 18.8. The SMILES string of the molecule is CCCCCCC1C=C(C)C(=O)N1S(=O)(=O)c1c(C)cc(C)cc1C. The Labute approximate surface area is 152 Å². The monoisotopic (exact) mass is 363 g/mol. The van der Waals surface area contributed by atoms with Crippen molar-refractivity contribution in [2.75, 3.05) is 0 Å². The zero-order valence-electron chi connectivity index (χ0n) is 15.9. The number of carbonyl (C=O) groups excluding carboxylic acids is 1. The molecule has 0 aromatic heterocycles. The molecule has 1 heterocycles. The van der Waals surface area contributed by atoms with E-state index in [0.29, 0.717) is 23.1 Å². The number of amides is 1. The van der Waals surface area contributed by atoms with Crippen molar-refractivity contribution in [2.24, 2.45) is 0 Å². The lowest BCUT2D eigenvalue weighted by Gasteiger charge is -2.26. The van der Waals surface area contributed by atoms with Crippen molar-refractivity contribution in [3.05, 3.63) is 40.5 Å². The van der Waals surface area contributed by atoms with Crippen LogP contribution < -0.4 is 0 Å². The van der Waals surface area contributed by atoms with Crippen LogP contribution in [0.4, 0.5) is 0 Å². The van der Waals surface area contributed by atoms with Crippen molar-refractivity contribution < 1.29 is 13.2 Å². The van der Waals surface area contributed by atoms with E-state index in [2.05, 4.69) is 6.92 Å². The van der Waals surface area contributed by atoms with Gasteiger partial charge in [0.15, 0.2) is 0 Å². The fourth-order valence-electron chi connectivity index (χ4n) is 3.69. The van der Waals surface area contributed by atoms with Gasteiger partial charge >= 0.3 is 0 Å². The Morgan fingerprint density at radius 2 is 1.60 bits per heavy atom. The second-order valence-electron chi connectivity index (χ2n) is 7.10. The number of sulfonamides is 1. The largest absolute Gasteiger partial charge is 0.268 e. The van der Waals surface area contributed by atoms with E-state index in [0.717, 1.165) is 35.6 Å². The summed E-state index contributed by atoms with van der Waals surface area (Å²) in [6.45, 7) is 9.38. The quantitative estimate of drug-likeness (QED) is 0.674. The second kappa shape index (κ2) is 7.73. The molecule has 4 nitrogen and oxygen atoms in total. The van der Waals surface area contributed by atoms with Crippen LogP contribution in [0, 0.1) is 20.8 Å². The molecule has 0 aliphatic carbocycles. The molecule has 0 radical (unpaired) electrons. The van der Waals surface area contributed by atoms with Gasteiger partial charge in [-0.3, -0.25) is 4.79 Å². The van der Waals surface area contributed by atoms with Crippen LogP contribution in [-0.2, 0) is 14.8 Å². The minimum Gasteiger partial charge on any atom is -0.268 e. The molecular weight excluding hydrogens is 334 g/mol. The van der Waals surface area contributed by atoms with Gasteiger partial charge in [0.2, 0.25) is 0 Å². The summed E-state index contributed by atoms with van der Waals surface area (Å²) in [7, 11) is -3.86. The Balaban J connectivity index is 2.38. The predicted molar refractivity (Wildman–Crippen MR) is 101 cm³/mol. The third-order valence-electron chi connectivity index (χ3n) is 4.76. The lowest BCUT2D eigenvalue weighted by atomic mass is 10.1. The lowest BCUT2D eigenvalue weighted by Crippen LogP contribution is -2.40. The van der Waals surface area contributed by atoms with Gasteiger partial charge in [0, 0.05) is 5.57 Å². The second-order valence-corrected chi connectivity index (χ2v) is 8.85. The van der Waals surface area contributed by atoms with Crippen molar-refractivity contribution >= 4 is 15.9 Å². The van der Waals surface area contributed by atoms with Gasteiger partial charge in [-0.1, -0.05) is 56.4 Å². The molecule has 2 rings (SSSR count). The fraction of sp³-hybridized carbons (Fsp3) is 0.550. The molecule has 25 heavy (non-hydrogen) atoms. The summed E-state index contributed by atoms with van der Waals surface area (Å²) in [5.74, 6) is -0.389. The minimum absolute atomic E-state index is 0.271. The van der Waals surface area contributed by atoms with E-state index >= 15 is 0 Å². The van der Waals surface area contributed by atoms with E-state index in [9.17, 15) is 13.2 Å². The normalized spacial score (nSPS) is 18.0. The first-order valence-corrected chi connectivity index (χ1v) is 10.5. The molecule has 1 unspecified atom stereocenters. The summed E-state index contributed by atoms with van der Waals surface area (Å²) in [5, 5.41) is 0. The number of nitrogens with zero attached hydrogens (tertiary/aromatic N) is 1. The van der Waals surface area contributed by atoms with Crippen LogP contribution in [0.2, 0.25) is 0 Å². The molecule has 0 saturated heterocycles. The van der Waals surface area contributed by atoms with Crippen LogP contribution in [0.25, 0.3) is 0 Å². The van der Waals surface area contributed by atoms with Crippen molar-refractivity contribution in [1.82, 2.24) is 4.31 Å². The maximum absolute atomic E-state index is 13.3. The fourth-order valence-corrected chi connectivity index (χ4v) is 5.71. The summed E-state index contributed by atoms with van der Waals surface area (Å²) in [5.41, 5.74) is 2.93. The van der Waals surface area contributed by atoms with E-state index < -0.39 is 10.0 Å². The van der Waals surface area contributed by atoms with Gasteiger partial charge < -0.3 is 0 Å². The Morgan fingerprint density at radius 3 is 2.16 bits per heavy atom. The Morgan fingerprint density at radius 1 is 1.00 bits per heavy atom. The molecule has 0 saturated carbocycles.